The number of thioether (sulfide) groups is 1. The SMILES string of the molecule is CSCC[C@@H](N)C(=O)Nc1cccc(S(N)(=O)=O)c1. The molecule has 0 radical (unpaired) electrons. The van der Waals surface area contributed by atoms with Gasteiger partial charge in [-0.25, -0.2) is 13.6 Å². The van der Waals surface area contributed by atoms with Crippen LogP contribution in [0.25, 0.3) is 0 Å². The number of anilines is 1. The number of benzene rings is 1. The predicted octanol–water partition coefficient (Wildman–Crippen LogP) is 0.353. The Labute approximate surface area is 117 Å². The lowest BCUT2D eigenvalue weighted by molar-refractivity contribution is -0.117. The van der Waals surface area contributed by atoms with Crippen LogP contribution in [-0.2, 0) is 14.8 Å². The molecule has 1 aromatic rings. The van der Waals surface area contributed by atoms with E-state index in [1.54, 1.807) is 17.8 Å². The third-order valence-corrected chi connectivity index (χ3v) is 3.95. The molecule has 8 heteroatoms. The summed E-state index contributed by atoms with van der Waals surface area (Å²) in [5.74, 6) is 0.437. The van der Waals surface area contributed by atoms with E-state index in [1.807, 2.05) is 6.26 Å². The molecule has 1 aromatic carbocycles. The molecule has 5 N–H and O–H groups in total. The third-order valence-electron chi connectivity index (χ3n) is 2.40. The molecule has 0 aromatic heterocycles. The standard InChI is InChI=1S/C11H17N3O3S2/c1-18-6-5-10(12)11(15)14-8-3-2-4-9(7-8)19(13,16)17/h2-4,7,10H,5-6,12H2,1H3,(H,14,15)(H2,13,16,17)/t10-/m1/s1. The Bertz CT molecular complexity index is 546. The number of amides is 1. The third kappa shape index (κ3) is 5.19. The van der Waals surface area contributed by atoms with Crippen LogP contribution in [0, 0.1) is 0 Å². The van der Waals surface area contributed by atoms with Gasteiger partial charge < -0.3 is 11.1 Å². The Hall–Kier alpha value is -1.09. The van der Waals surface area contributed by atoms with Crippen LogP contribution in [0.15, 0.2) is 29.2 Å². The highest BCUT2D eigenvalue weighted by Gasteiger charge is 2.14. The topological polar surface area (TPSA) is 115 Å². The Balaban J connectivity index is 2.75. The summed E-state index contributed by atoms with van der Waals surface area (Å²) in [7, 11) is -3.78. The molecule has 19 heavy (non-hydrogen) atoms. The molecule has 0 aliphatic carbocycles. The highest BCUT2D eigenvalue weighted by molar-refractivity contribution is 7.98. The van der Waals surface area contributed by atoms with Gasteiger partial charge in [-0.15, -0.1) is 0 Å². The smallest absolute Gasteiger partial charge is 0.241 e. The first-order valence-electron chi connectivity index (χ1n) is 5.53. The van der Waals surface area contributed by atoms with E-state index in [1.165, 1.54) is 18.2 Å². The molecule has 0 saturated heterocycles. The van der Waals surface area contributed by atoms with Gasteiger partial charge in [-0.3, -0.25) is 4.79 Å². The summed E-state index contributed by atoms with van der Waals surface area (Å²) in [4.78, 5) is 11.7. The predicted molar refractivity (Wildman–Crippen MR) is 77.4 cm³/mol. The number of primary sulfonamides is 1. The van der Waals surface area contributed by atoms with E-state index < -0.39 is 16.1 Å². The fourth-order valence-corrected chi connectivity index (χ4v) is 2.41. The number of carbonyl (C=O) groups is 1. The highest BCUT2D eigenvalue weighted by atomic mass is 32.2. The van der Waals surface area contributed by atoms with Gasteiger partial charge in [0, 0.05) is 5.69 Å². The fraction of sp³-hybridized carbons (Fsp3) is 0.364. The van der Waals surface area contributed by atoms with Crippen molar-refractivity contribution in [1.82, 2.24) is 0 Å². The van der Waals surface area contributed by atoms with E-state index in [0.29, 0.717) is 12.1 Å². The molecule has 0 saturated carbocycles. The van der Waals surface area contributed by atoms with Crippen molar-refractivity contribution >= 4 is 33.4 Å². The quantitative estimate of drug-likeness (QED) is 0.701. The molecule has 1 rings (SSSR count). The second-order valence-electron chi connectivity index (χ2n) is 3.95. The number of hydrogen-bond acceptors (Lipinski definition) is 5. The summed E-state index contributed by atoms with van der Waals surface area (Å²) in [6.45, 7) is 0. The normalized spacial score (nSPS) is 13.0. The Morgan fingerprint density at radius 2 is 2.16 bits per heavy atom. The molecule has 0 heterocycles. The minimum absolute atomic E-state index is 0.0528. The van der Waals surface area contributed by atoms with E-state index in [2.05, 4.69) is 5.32 Å². The molecule has 0 bridgehead atoms. The van der Waals surface area contributed by atoms with Crippen molar-refractivity contribution in [2.45, 2.75) is 17.4 Å². The summed E-state index contributed by atoms with van der Waals surface area (Å²) in [6.07, 6.45) is 2.49. The van der Waals surface area contributed by atoms with Crippen LogP contribution >= 0.6 is 11.8 Å². The van der Waals surface area contributed by atoms with E-state index in [-0.39, 0.29) is 10.8 Å². The van der Waals surface area contributed by atoms with Crippen molar-refractivity contribution in [3.8, 4) is 0 Å². The minimum atomic E-state index is -3.78. The summed E-state index contributed by atoms with van der Waals surface area (Å²) < 4.78 is 22.4. The Kier molecular flexibility index (Phi) is 5.80. The zero-order valence-electron chi connectivity index (χ0n) is 10.5. The van der Waals surface area contributed by atoms with Crippen molar-refractivity contribution in [2.24, 2.45) is 10.9 Å². The van der Waals surface area contributed by atoms with Gasteiger partial charge in [-0.1, -0.05) is 6.07 Å². The Morgan fingerprint density at radius 1 is 1.47 bits per heavy atom. The fourth-order valence-electron chi connectivity index (χ4n) is 1.36. The number of nitrogens with one attached hydrogen (secondary N) is 1. The molecule has 0 unspecified atom stereocenters. The van der Waals surface area contributed by atoms with E-state index in [4.69, 9.17) is 10.9 Å². The maximum atomic E-state index is 11.8. The first kappa shape index (κ1) is 16.0. The van der Waals surface area contributed by atoms with Gasteiger partial charge in [0.15, 0.2) is 0 Å². The molecular formula is C11H17N3O3S2. The second-order valence-corrected chi connectivity index (χ2v) is 6.50. The van der Waals surface area contributed by atoms with E-state index >= 15 is 0 Å². The van der Waals surface area contributed by atoms with Gasteiger partial charge in [0.05, 0.1) is 10.9 Å². The lowest BCUT2D eigenvalue weighted by Crippen LogP contribution is -2.36. The van der Waals surface area contributed by atoms with Crippen molar-refractivity contribution in [3.05, 3.63) is 24.3 Å². The monoisotopic (exact) mass is 303 g/mol. The Morgan fingerprint density at radius 3 is 2.74 bits per heavy atom. The molecule has 0 spiro atoms. The number of carbonyl (C=O) groups excluding carboxylic acids is 1. The molecule has 0 aliphatic rings. The largest absolute Gasteiger partial charge is 0.325 e. The van der Waals surface area contributed by atoms with Crippen molar-refractivity contribution in [2.75, 3.05) is 17.3 Å². The lowest BCUT2D eigenvalue weighted by atomic mass is 10.2. The zero-order chi connectivity index (χ0) is 14.5. The van der Waals surface area contributed by atoms with Crippen molar-refractivity contribution < 1.29 is 13.2 Å². The van der Waals surface area contributed by atoms with Crippen LogP contribution in [0.1, 0.15) is 6.42 Å². The molecule has 1 atom stereocenters. The lowest BCUT2D eigenvalue weighted by Gasteiger charge is -2.12. The van der Waals surface area contributed by atoms with Crippen molar-refractivity contribution in [3.63, 3.8) is 0 Å². The summed E-state index contributed by atoms with van der Waals surface area (Å²) >= 11 is 1.60. The number of nitrogens with two attached hydrogens (primary N) is 2. The van der Waals surface area contributed by atoms with Gasteiger partial charge in [0.25, 0.3) is 0 Å². The summed E-state index contributed by atoms with van der Waals surface area (Å²) in [5, 5.41) is 7.58. The van der Waals surface area contributed by atoms with E-state index in [9.17, 15) is 13.2 Å². The molecule has 106 valence electrons. The first-order chi connectivity index (χ1) is 8.84. The average Bonchev–Trinajstić information content (AvgIpc) is 2.35. The molecule has 6 nitrogen and oxygen atoms in total. The first-order valence-corrected chi connectivity index (χ1v) is 8.47. The molecule has 0 aliphatic heterocycles. The van der Waals surface area contributed by atoms with Crippen LogP contribution in [0.4, 0.5) is 5.69 Å². The second kappa shape index (κ2) is 6.90. The van der Waals surface area contributed by atoms with Crippen LogP contribution in [0.5, 0.6) is 0 Å². The van der Waals surface area contributed by atoms with Gasteiger partial charge >= 0.3 is 0 Å². The molecular weight excluding hydrogens is 286 g/mol. The average molecular weight is 303 g/mol. The van der Waals surface area contributed by atoms with Crippen molar-refractivity contribution in [1.29, 1.82) is 0 Å². The van der Waals surface area contributed by atoms with Crippen LogP contribution < -0.4 is 16.2 Å². The zero-order valence-corrected chi connectivity index (χ0v) is 12.1. The number of hydrogen-bond donors (Lipinski definition) is 3. The van der Waals surface area contributed by atoms with Gasteiger partial charge in [0.1, 0.15) is 0 Å². The van der Waals surface area contributed by atoms with Gasteiger partial charge in [0.2, 0.25) is 15.9 Å². The van der Waals surface area contributed by atoms with Gasteiger partial charge in [-0.05, 0) is 36.6 Å². The number of rotatable bonds is 6. The number of sulfonamides is 1. The van der Waals surface area contributed by atoms with Crippen LogP contribution in [0.3, 0.4) is 0 Å². The van der Waals surface area contributed by atoms with Gasteiger partial charge in [-0.2, -0.15) is 11.8 Å². The summed E-state index contributed by atoms with van der Waals surface area (Å²) in [5.41, 5.74) is 6.06. The summed E-state index contributed by atoms with van der Waals surface area (Å²) in [6, 6.07) is 5.12. The van der Waals surface area contributed by atoms with E-state index in [0.717, 1.165) is 5.75 Å². The highest BCUT2D eigenvalue weighted by Crippen LogP contribution is 2.14. The molecule has 1 amide bonds. The maximum absolute atomic E-state index is 11.8. The maximum Gasteiger partial charge on any atom is 0.241 e. The van der Waals surface area contributed by atoms with Crippen LogP contribution in [-0.4, -0.2) is 32.4 Å². The molecule has 0 fully saturated rings. The minimum Gasteiger partial charge on any atom is -0.325 e. The van der Waals surface area contributed by atoms with Crippen LogP contribution in [0.2, 0.25) is 0 Å².